The van der Waals surface area contributed by atoms with Crippen molar-refractivity contribution in [2.24, 2.45) is 4.99 Å². The van der Waals surface area contributed by atoms with E-state index >= 15 is 0 Å². The molecule has 1 aliphatic heterocycles. The SMILES string of the molecule is CCNC(=NCCCCNc1ccccn1)N1CC[C@@H](O)C1. The number of β-amino-alcohol motifs (C(OH)–C–C–N with tert-alkyl or cyclic N) is 1. The van der Waals surface area contributed by atoms with Crippen LogP contribution in [0.2, 0.25) is 0 Å². The molecule has 0 saturated carbocycles. The van der Waals surface area contributed by atoms with Gasteiger partial charge in [-0.05, 0) is 38.3 Å². The van der Waals surface area contributed by atoms with Crippen LogP contribution in [0, 0.1) is 0 Å². The number of pyridine rings is 1. The topological polar surface area (TPSA) is 72.8 Å². The van der Waals surface area contributed by atoms with Crippen LogP contribution in [0.3, 0.4) is 0 Å². The van der Waals surface area contributed by atoms with Crippen molar-refractivity contribution in [3.05, 3.63) is 24.4 Å². The molecule has 1 aromatic heterocycles. The van der Waals surface area contributed by atoms with Gasteiger partial charge in [-0.1, -0.05) is 6.07 Å². The van der Waals surface area contributed by atoms with Gasteiger partial charge in [0.15, 0.2) is 5.96 Å². The molecule has 122 valence electrons. The van der Waals surface area contributed by atoms with E-state index in [4.69, 9.17) is 0 Å². The number of aromatic nitrogens is 1. The van der Waals surface area contributed by atoms with E-state index in [1.165, 1.54) is 0 Å². The highest BCUT2D eigenvalue weighted by Crippen LogP contribution is 2.09. The van der Waals surface area contributed by atoms with Gasteiger partial charge < -0.3 is 20.6 Å². The number of rotatable bonds is 7. The smallest absolute Gasteiger partial charge is 0.194 e. The second-order valence-electron chi connectivity index (χ2n) is 5.47. The number of nitrogens with one attached hydrogen (secondary N) is 2. The molecule has 2 rings (SSSR count). The van der Waals surface area contributed by atoms with Crippen LogP contribution >= 0.6 is 0 Å². The summed E-state index contributed by atoms with van der Waals surface area (Å²) in [5.74, 6) is 1.85. The fourth-order valence-electron chi connectivity index (χ4n) is 2.47. The van der Waals surface area contributed by atoms with E-state index in [1.807, 2.05) is 18.2 Å². The van der Waals surface area contributed by atoms with Gasteiger partial charge in [0.1, 0.15) is 5.82 Å². The van der Waals surface area contributed by atoms with Crippen LogP contribution in [-0.4, -0.2) is 59.8 Å². The molecule has 2 heterocycles. The second-order valence-corrected chi connectivity index (χ2v) is 5.47. The van der Waals surface area contributed by atoms with Gasteiger partial charge in [-0.3, -0.25) is 4.99 Å². The number of aliphatic hydroxyl groups excluding tert-OH is 1. The van der Waals surface area contributed by atoms with Gasteiger partial charge in [-0.15, -0.1) is 0 Å². The van der Waals surface area contributed by atoms with E-state index in [-0.39, 0.29) is 6.10 Å². The first-order valence-corrected chi connectivity index (χ1v) is 8.16. The molecule has 0 radical (unpaired) electrons. The van der Waals surface area contributed by atoms with E-state index < -0.39 is 0 Å². The predicted molar refractivity (Wildman–Crippen MR) is 90.1 cm³/mol. The molecule has 6 heteroatoms. The van der Waals surface area contributed by atoms with Crippen molar-refractivity contribution in [3.63, 3.8) is 0 Å². The van der Waals surface area contributed by atoms with Gasteiger partial charge in [0, 0.05) is 38.9 Å². The van der Waals surface area contributed by atoms with Gasteiger partial charge in [-0.25, -0.2) is 4.98 Å². The standard InChI is InChI=1S/C16H27N5O/c1-2-17-16(21-12-8-14(22)13-21)20-11-6-5-10-19-15-7-3-4-9-18-15/h3-4,7,9,14,22H,2,5-6,8,10-13H2,1H3,(H,17,20)(H,18,19)/t14-/m1/s1. The van der Waals surface area contributed by atoms with Crippen molar-refractivity contribution in [1.29, 1.82) is 0 Å². The zero-order valence-electron chi connectivity index (χ0n) is 13.3. The van der Waals surface area contributed by atoms with Crippen molar-refractivity contribution in [2.75, 3.05) is 38.0 Å². The summed E-state index contributed by atoms with van der Waals surface area (Å²) in [6.45, 7) is 6.21. The lowest BCUT2D eigenvalue weighted by molar-refractivity contribution is 0.188. The Morgan fingerprint density at radius 3 is 3.05 bits per heavy atom. The number of hydrogen-bond acceptors (Lipinski definition) is 4. The molecule has 22 heavy (non-hydrogen) atoms. The summed E-state index contributed by atoms with van der Waals surface area (Å²) >= 11 is 0. The van der Waals surface area contributed by atoms with E-state index in [9.17, 15) is 5.11 Å². The number of guanidine groups is 1. The molecule has 1 atom stereocenters. The molecule has 0 unspecified atom stereocenters. The van der Waals surface area contributed by atoms with Crippen molar-refractivity contribution < 1.29 is 5.11 Å². The van der Waals surface area contributed by atoms with Gasteiger partial charge in [-0.2, -0.15) is 0 Å². The molecule has 1 aromatic rings. The first kappa shape index (κ1) is 16.5. The molecular formula is C16H27N5O. The first-order valence-electron chi connectivity index (χ1n) is 8.16. The van der Waals surface area contributed by atoms with Gasteiger partial charge in [0.25, 0.3) is 0 Å². The largest absolute Gasteiger partial charge is 0.391 e. The van der Waals surface area contributed by atoms with Crippen LogP contribution in [0.1, 0.15) is 26.2 Å². The number of unbranched alkanes of at least 4 members (excludes halogenated alkanes) is 1. The molecule has 1 fully saturated rings. The van der Waals surface area contributed by atoms with E-state index in [2.05, 4.69) is 32.4 Å². The second kappa shape index (κ2) is 9.25. The molecule has 0 bridgehead atoms. The first-order chi connectivity index (χ1) is 10.8. The Morgan fingerprint density at radius 1 is 1.45 bits per heavy atom. The molecule has 0 spiro atoms. The quantitative estimate of drug-likeness (QED) is 0.402. The Labute approximate surface area is 132 Å². The number of nitrogens with zero attached hydrogens (tertiary/aromatic N) is 3. The number of hydrogen-bond donors (Lipinski definition) is 3. The summed E-state index contributed by atoms with van der Waals surface area (Å²) in [4.78, 5) is 11.0. The maximum Gasteiger partial charge on any atom is 0.194 e. The average Bonchev–Trinajstić information content (AvgIpc) is 2.97. The summed E-state index contributed by atoms with van der Waals surface area (Å²) in [7, 11) is 0. The Bertz CT molecular complexity index is 451. The number of likely N-dealkylation sites (tertiary alicyclic amines) is 1. The zero-order chi connectivity index (χ0) is 15.6. The summed E-state index contributed by atoms with van der Waals surface area (Å²) in [6.07, 6.45) is 4.50. The molecule has 1 aliphatic rings. The van der Waals surface area contributed by atoms with Crippen LogP contribution < -0.4 is 10.6 Å². The average molecular weight is 305 g/mol. The Morgan fingerprint density at radius 2 is 2.36 bits per heavy atom. The highest BCUT2D eigenvalue weighted by atomic mass is 16.3. The summed E-state index contributed by atoms with van der Waals surface area (Å²) in [6, 6.07) is 5.87. The Balaban J connectivity index is 1.66. The van der Waals surface area contributed by atoms with Crippen LogP contribution in [0.5, 0.6) is 0 Å². The van der Waals surface area contributed by atoms with Crippen molar-refractivity contribution >= 4 is 11.8 Å². The minimum Gasteiger partial charge on any atom is -0.391 e. The third kappa shape index (κ3) is 5.52. The van der Waals surface area contributed by atoms with Crippen molar-refractivity contribution in [2.45, 2.75) is 32.3 Å². The highest BCUT2D eigenvalue weighted by Gasteiger charge is 2.22. The number of aliphatic imine (C=N–C) groups is 1. The van der Waals surface area contributed by atoms with E-state index in [0.29, 0.717) is 6.54 Å². The molecule has 0 amide bonds. The normalized spacial score (nSPS) is 18.5. The van der Waals surface area contributed by atoms with E-state index in [1.54, 1.807) is 6.20 Å². The van der Waals surface area contributed by atoms with Crippen molar-refractivity contribution in [1.82, 2.24) is 15.2 Å². The lowest BCUT2D eigenvalue weighted by atomic mass is 10.3. The summed E-state index contributed by atoms with van der Waals surface area (Å²) < 4.78 is 0. The highest BCUT2D eigenvalue weighted by molar-refractivity contribution is 5.80. The maximum atomic E-state index is 9.63. The number of anilines is 1. The van der Waals surface area contributed by atoms with Crippen LogP contribution in [0.4, 0.5) is 5.82 Å². The van der Waals surface area contributed by atoms with Gasteiger partial charge in [0.2, 0.25) is 0 Å². The van der Waals surface area contributed by atoms with Crippen LogP contribution in [0.25, 0.3) is 0 Å². The third-order valence-electron chi connectivity index (χ3n) is 3.62. The molecular weight excluding hydrogens is 278 g/mol. The monoisotopic (exact) mass is 305 g/mol. The number of aliphatic hydroxyl groups is 1. The summed E-state index contributed by atoms with van der Waals surface area (Å²) in [5.41, 5.74) is 0. The van der Waals surface area contributed by atoms with Gasteiger partial charge in [0.05, 0.1) is 6.10 Å². The molecule has 0 aliphatic carbocycles. The van der Waals surface area contributed by atoms with Gasteiger partial charge >= 0.3 is 0 Å². The minimum absolute atomic E-state index is 0.216. The predicted octanol–water partition coefficient (Wildman–Crippen LogP) is 1.31. The zero-order valence-corrected chi connectivity index (χ0v) is 13.3. The Hall–Kier alpha value is -1.82. The fraction of sp³-hybridized carbons (Fsp3) is 0.625. The summed E-state index contributed by atoms with van der Waals surface area (Å²) in [5, 5.41) is 16.2. The van der Waals surface area contributed by atoms with Crippen LogP contribution in [-0.2, 0) is 0 Å². The molecule has 1 saturated heterocycles. The molecule has 6 nitrogen and oxygen atoms in total. The minimum atomic E-state index is -0.216. The molecule has 3 N–H and O–H groups in total. The van der Waals surface area contributed by atoms with E-state index in [0.717, 1.165) is 57.2 Å². The lowest BCUT2D eigenvalue weighted by Crippen LogP contribution is -2.40. The van der Waals surface area contributed by atoms with Crippen LogP contribution in [0.15, 0.2) is 29.4 Å². The lowest BCUT2D eigenvalue weighted by Gasteiger charge is -2.20. The Kier molecular flexibility index (Phi) is 6.96. The fourth-order valence-corrected chi connectivity index (χ4v) is 2.47. The maximum absolute atomic E-state index is 9.63. The van der Waals surface area contributed by atoms with Crippen molar-refractivity contribution in [3.8, 4) is 0 Å². The third-order valence-corrected chi connectivity index (χ3v) is 3.62. The molecule has 0 aromatic carbocycles.